The average Bonchev–Trinajstić information content (AvgIpc) is 3.01. The Morgan fingerprint density at radius 3 is 2.05 bits per heavy atom. The Balaban J connectivity index is 1.40. The zero-order valence-electron chi connectivity index (χ0n) is 22.8. The van der Waals surface area contributed by atoms with Gasteiger partial charge >= 0.3 is 0 Å². The van der Waals surface area contributed by atoms with Gasteiger partial charge in [-0.15, -0.1) is 0 Å². The molecule has 1 heteroatoms. The van der Waals surface area contributed by atoms with Crippen molar-refractivity contribution in [1.29, 1.82) is 0 Å². The summed E-state index contributed by atoms with van der Waals surface area (Å²) in [5, 5.41) is 5.43. The third kappa shape index (κ3) is 4.51. The van der Waals surface area contributed by atoms with Crippen LogP contribution in [0.25, 0.3) is 39.8 Å². The third-order valence-corrected chi connectivity index (χ3v) is 8.79. The minimum Gasteiger partial charge on any atom is -0.252 e. The summed E-state index contributed by atoms with van der Waals surface area (Å²) in [7, 11) is 0. The summed E-state index contributed by atoms with van der Waals surface area (Å²) in [4.78, 5) is 5.28. The molecule has 0 aliphatic heterocycles. The second-order valence-electron chi connectivity index (χ2n) is 11.3. The first-order valence-electron chi connectivity index (χ1n) is 14.6. The van der Waals surface area contributed by atoms with Crippen LogP contribution in [0.2, 0.25) is 0 Å². The Morgan fingerprint density at radius 1 is 0.667 bits per heavy atom. The Kier molecular flexibility index (Phi) is 6.37. The largest absolute Gasteiger partial charge is 0.252 e. The molecule has 0 amide bonds. The lowest BCUT2D eigenvalue weighted by atomic mass is 9.82. The first-order valence-corrected chi connectivity index (χ1v) is 14.6. The molecule has 1 heterocycles. The molecule has 39 heavy (non-hydrogen) atoms. The first kappa shape index (κ1) is 24.1. The van der Waals surface area contributed by atoms with Gasteiger partial charge in [-0.1, -0.05) is 96.7 Å². The lowest BCUT2D eigenvalue weighted by Gasteiger charge is -2.23. The van der Waals surface area contributed by atoms with Gasteiger partial charge in [0.1, 0.15) is 0 Å². The Labute approximate surface area is 231 Å². The quantitative estimate of drug-likeness (QED) is 0.346. The van der Waals surface area contributed by atoms with Gasteiger partial charge in [0, 0.05) is 17.2 Å². The predicted octanol–water partition coefficient (Wildman–Crippen LogP) is 8.63. The van der Waals surface area contributed by atoms with E-state index >= 15 is 0 Å². The molecule has 7 rings (SSSR count). The molecular formula is C38H35N. The fourth-order valence-electron chi connectivity index (χ4n) is 6.70. The van der Waals surface area contributed by atoms with Gasteiger partial charge < -0.3 is 0 Å². The van der Waals surface area contributed by atoms with Crippen LogP contribution in [0.5, 0.6) is 0 Å². The molecule has 1 atom stereocenters. The van der Waals surface area contributed by atoms with Gasteiger partial charge in [0.15, 0.2) is 0 Å². The highest BCUT2D eigenvalue weighted by Gasteiger charge is 2.21. The first-order chi connectivity index (χ1) is 19.3. The summed E-state index contributed by atoms with van der Waals surface area (Å²) in [6, 6.07) is 15.6. The molecule has 192 valence electrons. The number of hydrogen-bond donors (Lipinski definition) is 0. The number of fused-ring (bicyclic) bond motifs is 2. The maximum atomic E-state index is 5.28. The molecule has 0 fully saturated rings. The van der Waals surface area contributed by atoms with Crippen molar-refractivity contribution in [3.8, 4) is 11.3 Å². The number of hydrogen-bond acceptors (Lipinski definition) is 1. The predicted molar refractivity (Wildman–Crippen MR) is 167 cm³/mol. The third-order valence-electron chi connectivity index (χ3n) is 8.79. The van der Waals surface area contributed by atoms with E-state index in [1.807, 2.05) is 0 Å². The van der Waals surface area contributed by atoms with Crippen LogP contribution in [0, 0.1) is 0 Å². The van der Waals surface area contributed by atoms with E-state index in [9.17, 15) is 0 Å². The lowest BCUT2D eigenvalue weighted by molar-refractivity contribution is 0.817. The normalized spacial score (nSPS) is 20.3. The fourth-order valence-corrected chi connectivity index (χ4v) is 6.70. The number of rotatable bonds is 4. The molecule has 0 bridgehead atoms. The molecule has 2 aromatic carbocycles. The van der Waals surface area contributed by atoms with E-state index in [1.54, 1.807) is 0 Å². The molecule has 1 nitrogen and oxygen atoms in total. The second-order valence-corrected chi connectivity index (χ2v) is 11.3. The standard InChI is InChI=1S/C38H35N/c1-26-18-20-27(21-19-26)28-22-24-30(25-23-28)37-31-12-5-7-14-33(31)38(34-15-8-6-13-32(34)37)36-17-9-16-35(39-36)29-10-3-2-4-11-29/h2-5,7,9-10,12-18,20,22,24,29H,6,8,11,19,21,23,25H2,1H3. The SMILES string of the molecule is CC1=CC=C(C2=CC=C(c3c4c(c(-c5cccc(C6C=CC=CC6)n5)c5ccccc35)=CCCC=4)CC2)CC1. The number of aromatic nitrogens is 1. The molecule has 0 spiro atoms. The van der Waals surface area contributed by atoms with E-state index in [-0.39, 0.29) is 0 Å². The number of nitrogens with zero attached hydrogens (tertiary/aromatic N) is 1. The maximum absolute atomic E-state index is 5.28. The van der Waals surface area contributed by atoms with Crippen LogP contribution in [0.1, 0.15) is 69.0 Å². The summed E-state index contributed by atoms with van der Waals surface area (Å²) in [6.45, 7) is 2.24. The molecule has 3 aromatic rings. The van der Waals surface area contributed by atoms with Gasteiger partial charge in [-0.3, -0.25) is 4.98 Å². The summed E-state index contributed by atoms with van der Waals surface area (Å²) >= 11 is 0. The van der Waals surface area contributed by atoms with Gasteiger partial charge in [-0.05, 0) is 107 Å². The average molecular weight is 506 g/mol. The Morgan fingerprint density at radius 2 is 1.36 bits per heavy atom. The summed E-state index contributed by atoms with van der Waals surface area (Å²) < 4.78 is 0. The van der Waals surface area contributed by atoms with Gasteiger partial charge in [0.2, 0.25) is 0 Å². The van der Waals surface area contributed by atoms with E-state index in [0.717, 1.165) is 43.5 Å². The van der Waals surface area contributed by atoms with Crippen molar-refractivity contribution in [2.24, 2.45) is 0 Å². The summed E-state index contributed by atoms with van der Waals surface area (Å²) in [6.07, 6.45) is 31.0. The van der Waals surface area contributed by atoms with Gasteiger partial charge in [0.05, 0.1) is 5.69 Å². The van der Waals surface area contributed by atoms with Crippen LogP contribution >= 0.6 is 0 Å². The van der Waals surface area contributed by atoms with Crippen molar-refractivity contribution in [2.45, 2.75) is 57.8 Å². The van der Waals surface area contributed by atoms with Crippen molar-refractivity contribution in [3.05, 3.63) is 129 Å². The Bertz CT molecular complexity index is 1780. The van der Waals surface area contributed by atoms with Crippen LogP contribution in [-0.2, 0) is 0 Å². The molecule has 0 saturated heterocycles. The van der Waals surface area contributed by atoms with Crippen LogP contribution in [0.3, 0.4) is 0 Å². The number of pyridine rings is 1. The zero-order chi connectivity index (χ0) is 26.2. The molecule has 0 radical (unpaired) electrons. The summed E-state index contributed by atoms with van der Waals surface area (Å²) in [5.41, 5.74) is 11.0. The second kappa shape index (κ2) is 10.3. The number of benzene rings is 2. The van der Waals surface area contributed by atoms with E-state index in [0.29, 0.717) is 5.92 Å². The molecule has 4 aliphatic rings. The van der Waals surface area contributed by atoms with Crippen molar-refractivity contribution < 1.29 is 0 Å². The minimum absolute atomic E-state index is 0.346. The van der Waals surface area contributed by atoms with Crippen LogP contribution in [-0.4, -0.2) is 4.98 Å². The Hall–Kier alpha value is -3.97. The molecule has 0 N–H and O–H groups in total. The zero-order valence-corrected chi connectivity index (χ0v) is 22.8. The van der Waals surface area contributed by atoms with E-state index in [4.69, 9.17) is 4.98 Å². The highest BCUT2D eigenvalue weighted by atomic mass is 14.7. The smallest absolute Gasteiger partial charge is 0.0717 e. The number of allylic oxidation sites excluding steroid dienone is 12. The van der Waals surface area contributed by atoms with Crippen LogP contribution < -0.4 is 10.4 Å². The highest BCUT2D eigenvalue weighted by molar-refractivity contribution is 6.03. The topological polar surface area (TPSA) is 12.9 Å². The fraction of sp³-hybridized carbons (Fsp3) is 0.237. The summed E-state index contributed by atoms with van der Waals surface area (Å²) in [5.74, 6) is 0.346. The maximum Gasteiger partial charge on any atom is 0.0717 e. The molecule has 1 unspecified atom stereocenters. The highest BCUT2D eigenvalue weighted by Crippen LogP contribution is 2.36. The van der Waals surface area contributed by atoms with Crippen LogP contribution in [0.4, 0.5) is 0 Å². The van der Waals surface area contributed by atoms with Crippen LogP contribution in [0.15, 0.2) is 108 Å². The van der Waals surface area contributed by atoms with E-state index < -0.39 is 0 Å². The van der Waals surface area contributed by atoms with E-state index in [2.05, 4.69) is 110 Å². The van der Waals surface area contributed by atoms with Crippen molar-refractivity contribution in [2.75, 3.05) is 0 Å². The van der Waals surface area contributed by atoms with Gasteiger partial charge in [-0.25, -0.2) is 0 Å². The van der Waals surface area contributed by atoms with Gasteiger partial charge in [-0.2, -0.15) is 0 Å². The monoisotopic (exact) mass is 505 g/mol. The van der Waals surface area contributed by atoms with E-state index in [1.165, 1.54) is 67.5 Å². The van der Waals surface area contributed by atoms with Crippen molar-refractivity contribution in [1.82, 2.24) is 4.98 Å². The van der Waals surface area contributed by atoms with Gasteiger partial charge in [0.25, 0.3) is 0 Å². The molecule has 1 aromatic heterocycles. The molecular weight excluding hydrogens is 470 g/mol. The van der Waals surface area contributed by atoms with Crippen molar-refractivity contribution in [3.63, 3.8) is 0 Å². The lowest BCUT2D eigenvalue weighted by Crippen LogP contribution is -2.33. The molecule has 4 aliphatic carbocycles. The van der Waals surface area contributed by atoms with Crippen molar-refractivity contribution >= 4 is 28.5 Å². The molecule has 0 saturated carbocycles. The minimum atomic E-state index is 0.346.